The summed E-state index contributed by atoms with van der Waals surface area (Å²) in [6.45, 7) is 12.1. The van der Waals surface area contributed by atoms with Crippen molar-refractivity contribution in [1.82, 2.24) is 5.32 Å². The summed E-state index contributed by atoms with van der Waals surface area (Å²) in [4.78, 5) is 24.5. The van der Waals surface area contributed by atoms with Crippen molar-refractivity contribution in [1.29, 1.82) is 0 Å². The Morgan fingerprint density at radius 3 is 2.26 bits per heavy atom. The molecule has 0 heterocycles. The summed E-state index contributed by atoms with van der Waals surface area (Å²) in [6.07, 6.45) is 1.25. The second kappa shape index (κ2) is 15.9. The normalized spacial score (nSPS) is 15.2. The van der Waals surface area contributed by atoms with Gasteiger partial charge in [0.15, 0.2) is 11.5 Å². The van der Waals surface area contributed by atoms with E-state index in [9.17, 15) is 14.7 Å². The van der Waals surface area contributed by atoms with E-state index in [0.717, 1.165) is 12.0 Å². The number of aliphatic hydroxyl groups excluding tert-OH is 2. The smallest absolute Gasteiger partial charge is 0.224 e. The molecule has 0 aliphatic carbocycles. The van der Waals surface area contributed by atoms with E-state index in [1.807, 2.05) is 32.0 Å². The van der Waals surface area contributed by atoms with Crippen LogP contribution in [0, 0.1) is 29.1 Å². The monoisotopic (exact) mass is 537 g/mol. The lowest BCUT2D eigenvalue weighted by atomic mass is 9.80. The molecule has 4 atom stereocenters. The first-order valence-electron chi connectivity index (χ1n) is 13.6. The Bertz CT molecular complexity index is 874. The van der Waals surface area contributed by atoms with Crippen LogP contribution in [0.5, 0.6) is 11.5 Å². The van der Waals surface area contributed by atoms with Crippen LogP contribution >= 0.6 is 0 Å². The van der Waals surface area contributed by atoms with Gasteiger partial charge in [0.1, 0.15) is 0 Å². The van der Waals surface area contributed by atoms with E-state index in [-0.39, 0.29) is 37.3 Å². The first kappa shape index (κ1) is 33.7. The van der Waals surface area contributed by atoms with Crippen molar-refractivity contribution in [3.05, 3.63) is 23.8 Å². The zero-order valence-corrected chi connectivity index (χ0v) is 24.3. The van der Waals surface area contributed by atoms with Gasteiger partial charge in [0.05, 0.1) is 25.2 Å². The third-order valence-corrected chi connectivity index (χ3v) is 7.31. The third kappa shape index (κ3) is 10.8. The molecule has 218 valence electrons. The lowest BCUT2D eigenvalue weighted by Gasteiger charge is -2.30. The van der Waals surface area contributed by atoms with Gasteiger partial charge in [-0.3, -0.25) is 9.59 Å². The summed E-state index contributed by atoms with van der Waals surface area (Å²) >= 11 is 0. The van der Waals surface area contributed by atoms with Crippen LogP contribution in [0.1, 0.15) is 66.4 Å². The molecule has 4 unspecified atom stereocenters. The van der Waals surface area contributed by atoms with Gasteiger partial charge < -0.3 is 36.5 Å². The molecule has 1 aromatic carbocycles. The fraction of sp³-hybridized carbons (Fsp3) is 0.724. The quantitative estimate of drug-likeness (QED) is 0.180. The number of primary amides is 1. The molecule has 9 heteroatoms. The molecular formula is C29H51N3O6. The van der Waals surface area contributed by atoms with Gasteiger partial charge in [-0.15, -0.1) is 0 Å². The van der Waals surface area contributed by atoms with Gasteiger partial charge in [0.2, 0.25) is 11.8 Å². The summed E-state index contributed by atoms with van der Waals surface area (Å²) in [7, 11) is 1.59. The number of aliphatic hydroxyl groups is 2. The van der Waals surface area contributed by atoms with Gasteiger partial charge in [-0.2, -0.15) is 0 Å². The minimum Gasteiger partial charge on any atom is -0.493 e. The Kier molecular flexibility index (Phi) is 14.1. The van der Waals surface area contributed by atoms with Gasteiger partial charge in [-0.05, 0) is 68.6 Å². The van der Waals surface area contributed by atoms with Crippen molar-refractivity contribution < 1.29 is 29.3 Å². The first-order valence-corrected chi connectivity index (χ1v) is 13.6. The predicted octanol–water partition coefficient (Wildman–Crippen LogP) is 2.64. The highest BCUT2D eigenvalue weighted by atomic mass is 16.5. The maximum absolute atomic E-state index is 12.9. The first-order chi connectivity index (χ1) is 17.7. The van der Waals surface area contributed by atoms with Crippen molar-refractivity contribution in [2.45, 2.75) is 79.4 Å². The molecule has 7 N–H and O–H groups in total. The van der Waals surface area contributed by atoms with Crippen molar-refractivity contribution in [3.8, 4) is 11.5 Å². The molecule has 0 aromatic heterocycles. The van der Waals surface area contributed by atoms with E-state index in [1.54, 1.807) is 21.0 Å². The van der Waals surface area contributed by atoms with Crippen LogP contribution in [0.25, 0.3) is 0 Å². The summed E-state index contributed by atoms with van der Waals surface area (Å²) in [6, 6.07) is 5.33. The van der Waals surface area contributed by atoms with Crippen molar-refractivity contribution >= 4 is 11.8 Å². The summed E-state index contributed by atoms with van der Waals surface area (Å²) in [5.41, 5.74) is 12.1. The molecule has 1 aromatic rings. The van der Waals surface area contributed by atoms with Crippen molar-refractivity contribution in [2.75, 3.05) is 26.9 Å². The number of hydrogen-bond donors (Lipinski definition) is 5. The number of nitrogens with one attached hydrogen (secondary N) is 1. The standard InChI is InChI=1S/C29H51N3O6/c1-18(2)21(13-20-9-10-25(37-7)26(14-20)38-12-8-11-33)15-23(30)24(34)16-22(19(3)4)27(35)32-17-29(5,6)28(31)36/h9-10,14,18-19,21-24,33-34H,8,11-13,15-17,30H2,1-7H3,(H2,31,36)(H,32,35). The Balaban J connectivity index is 2.87. The second-order valence-electron chi connectivity index (χ2n) is 11.6. The Morgan fingerprint density at radius 1 is 1.08 bits per heavy atom. The topological polar surface area (TPSA) is 157 Å². The van der Waals surface area contributed by atoms with Gasteiger partial charge in [-0.25, -0.2) is 0 Å². The number of amides is 2. The maximum atomic E-state index is 12.9. The van der Waals surface area contributed by atoms with Crippen LogP contribution in [-0.4, -0.2) is 61.0 Å². The Hall–Kier alpha value is -2.36. The lowest BCUT2D eigenvalue weighted by molar-refractivity contribution is -0.130. The minimum atomic E-state index is -0.859. The molecule has 0 saturated carbocycles. The molecule has 0 bridgehead atoms. The number of rotatable bonds is 18. The highest BCUT2D eigenvalue weighted by molar-refractivity contribution is 5.83. The van der Waals surface area contributed by atoms with Crippen LogP contribution in [-0.2, 0) is 16.0 Å². The lowest BCUT2D eigenvalue weighted by Crippen LogP contribution is -2.46. The van der Waals surface area contributed by atoms with E-state index in [2.05, 4.69) is 19.2 Å². The number of carbonyl (C=O) groups excluding carboxylic acids is 2. The number of carbonyl (C=O) groups is 2. The summed E-state index contributed by atoms with van der Waals surface area (Å²) < 4.78 is 11.2. The minimum absolute atomic E-state index is 0.0158. The highest BCUT2D eigenvalue weighted by Gasteiger charge is 2.32. The zero-order chi connectivity index (χ0) is 29.0. The average molecular weight is 538 g/mol. The van der Waals surface area contributed by atoms with Crippen LogP contribution < -0.4 is 26.3 Å². The van der Waals surface area contributed by atoms with Crippen LogP contribution in [0.15, 0.2) is 18.2 Å². The van der Waals surface area contributed by atoms with Gasteiger partial charge in [0.25, 0.3) is 0 Å². The molecule has 38 heavy (non-hydrogen) atoms. The molecular weight excluding hydrogens is 486 g/mol. The molecule has 9 nitrogen and oxygen atoms in total. The molecule has 0 fully saturated rings. The number of benzene rings is 1. The fourth-order valence-electron chi connectivity index (χ4n) is 4.25. The van der Waals surface area contributed by atoms with Crippen LogP contribution in [0.4, 0.5) is 0 Å². The second-order valence-corrected chi connectivity index (χ2v) is 11.6. The van der Waals surface area contributed by atoms with Gasteiger partial charge in [0, 0.05) is 31.5 Å². The van der Waals surface area contributed by atoms with Gasteiger partial charge >= 0.3 is 0 Å². The molecule has 0 spiro atoms. The van der Waals surface area contributed by atoms with Crippen molar-refractivity contribution in [3.63, 3.8) is 0 Å². The molecule has 0 aliphatic heterocycles. The predicted molar refractivity (Wildman–Crippen MR) is 150 cm³/mol. The van der Waals surface area contributed by atoms with E-state index in [1.165, 1.54) is 0 Å². The van der Waals surface area contributed by atoms with E-state index >= 15 is 0 Å². The Morgan fingerprint density at radius 2 is 1.74 bits per heavy atom. The van der Waals surface area contributed by atoms with Crippen LogP contribution in [0.2, 0.25) is 0 Å². The number of nitrogens with two attached hydrogens (primary N) is 2. The largest absolute Gasteiger partial charge is 0.493 e. The third-order valence-electron chi connectivity index (χ3n) is 7.31. The summed E-state index contributed by atoms with van der Waals surface area (Å²) in [5.74, 6) is 0.618. The molecule has 1 rings (SSSR count). The molecule has 2 amide bonds. The van der Waals surface area contributed by atoms with Crippen molar-refractivity contribution in [2.24, 2.45) is 40.6 Å². The maximum Gasteiger partial charge on any atom is 0.224 e. The number of hydrogen-bond acceptors (Lipinski definition) is 7. The molecule has 0 saturated heterocycles. The zero-order valence-electron chi connectivity index (χ0n) is 24.3. The Labute approximate surface area is 228 Å². The molecule has 0 aliphatic rings. The highest BCUT2D eigenvalue weighted by Crippen LogP contribution is 2.31. The fourth-order valence-corrected chi connectivity index (χ4v) is 4.25. The number of methoxy groups -OCH3 is 1. The van der Waals surface area contributed by atoms with E-state index in [4.69, 9.17) is 26.0 Å². The van der Waals surface area contributed by atoms with Crippen LogP contribution in [0.3, 0.4) is 0 Å². The van der Waals surface area contributed by atoms with E-state index < -0.39 is 29.4 Å². The SMILES string of the molecule is COc1ccc(CC(CC(N)C(O)CC(C(=O)NCC(C)(C)C(N)=O)C(C)C)C(C)C)cc1OCCCO. The van der Waals surface area contributed by atoms with E-state index in [0.29, 0.717) is 36.9 Å². The average Bonchev–Trinajstić information content (AvgIpc) is 2.85. The molecule has 0 radical (unpaired) electrons. The number of ether oxygens (including phenoxy) is 2. The van der Waals surface area contributed by atoms with Gasteiger partial charge in [-0.1, -0.05) is 33.8 Å². The summed E-state index contributed by atoms with van der Waals surface area (Å²) in [5, 5.41) is 22.9.